The van der Waals surface area contributed by atoms with Crippen molar-refractivity contribution in [2.45, 2.75) is 0 Å². The lowest BCUT2D eigenvalue weighted by molar-refractivity contribution is 0.0996. The summed E-state index contributed by atoms with van der Waals surface area (Å²) in [5.74, 6) is 0.710. The second-order valence-electron chi connectivity index (χ2n) is 4.20. The summed E-state index contributed by atoms with van der Waals surface area (Å²) in [5, 5.41) is 5.11. The predicted molar refractivity (Wildman–Crippen MR) is 80.8 cm³/mol. The first-order chi connectivity index (χ1) is 10.3. The summed E-state index contributed by atoms with van der Waals surface area (Å²) in [6.07, 6.45) is 1.46. The number of nitrogens with zero attached hydrogens (tertiary/aromatic N) is 1. The highest BCUT2D eigenvalue weighted by molar-refractivity contribution is 7.14. The van der Waals surface area contributed by atoms with Gasteiger partial charge in [-0.05, 0) is 24.3 Å². The zero-order valence-electron chi connectivity index (χ0n) is 11.2. The van der Waals surface area contributed by atoms with Crippen LogP contribution >= 0.6 is 11.3 Å². The summed E-state index contributed by atoms with van der Waals surface area (Å²) in [6, 6.07) is 10.9. The maximum atomic E-state index is 11.9. The fourth-order valence-electron chi connectivity index (χ4n) is 1.81. The molecule has 2 heterocycles. The van der Waals surface area contributed by atoms with Crippen LogP contribution in [0.5, 0.6) is 5.75 Å². The van der Waals surface area contributed by atoms with Crippen LogP contribution in [0.25, 0.3) is 11.3 Å². The number of ether oxygens (including phenoxy) is 1. The Morgan fingerprint density at radius 2 is 2.24 bits per heavy atom. The third-order valence-corrected chi connectivity index (χ3v) is 3.59. The average molecular weight is 300 g/mol. The Kier molecular flexibility index (Phi) is 3.70. The lowest BCUT2D eigenvalue weighted by atomic mass is 10.2. The number of benzene rings is 1. The van der Waals surface area contributed by atoms with Crippen LogP contribution < -0.4 is 10.1 Å². The van der Waals surface area contributed by atoms with Crippen molar-refractivity contribution in [2.24, 2.45) is 0 Å². The number of carbonyl (C=O) groups excluding carboxylic acids is 1. The molecular formula is C15H12N2O3S. The van der Waals surface area contributed by atoms with Crippen LogP contribution in [0.3, 0.4) is 0 Å². The number of furan rings is 1. The Hall–Kier alpha value is -2.60. The molecule has 1 amide bonds. The number of rotatable bonds is 4. The molecular weight excluding hydrogens is 288 g/mol. The van der Waals surface area contributed by atoms with Crippen LogP contribution in [0.15, 0.2) is 52.5 Å². The quantitative estimate of drug-likeness (QED) is 0.798. The fraction of sp³-hybridized carbons (Fsp3) is 0.0667. The minimum Gasteiger partial charge on any atom is -0.497 e. The Balaban J connectivity index is 1.78. The molecule has 1 aromatic carbocycles. The second kappa shape index (κ2) is 5.80. The van der Waals surface area contributed by atoms with E-state index in [-0.39, 0.29) is 11.7 Å². The Morgan fingerprint density at radius 3 is 3.00 bits per heavy atom. The lowest BCUT2D eigenvalue weighted by Crippen LogP contribution is -2.10. The normalized spacial score (nSPS) is 10.3. The molecule has 3 aromatic rings. The zero-order valence-corrected chi connectivity index (χ0v) is 12.0. The van der Waals surface area contributed by atoms with Crippen LogP contribution in [0.2, 0.25) is 0 Å². The van der Waals surface area contributed by atoms with Gasteiger partial charge in [0.1, 0.15) is 5.75 Å². The molecule has 0 unspecified atom stereocenters. The molecule has 0 bridgehead atoms. The van der Waals surface area contributed by atoms with Crippen LogP contribution in [0.4, 0.5) is 5.13 Å². The predicted octanol–water partition coefficient (Wildman–Crippen LogP) is 3.66. The summed E-state index contributed by atoms with van der Waals surface area (Å²) in [7, 11) is 1.62. The minimum absolute atomic E-state index is 0.258. The topological polar surface area (TPSA) is 64.4 Å². The van der Waals surface area contributed by atoms with Gasteiger partial charge >= 0.3 is 0 Å². The lowest BCUT2D eigenvalue weighted by Gasteiger charge is -2.01. The number of thiazole rings is 1. The molecule has 6 heteroatoms. The number of nitrogens with one attached hydrogen (secondary N) is 1. The minimum atomic E-state index is -0.313. The van der Waals surface area contributed by atoms with Gasteiger partial charge in [0.05, 0.1) is 19.1 Å². The number of hydrogen-bond acceptors (Lipinski definition) is 5. The van der Waals surface area contributed by atoms with Crippen LogP contribution in [-0.2, 0) is 0 Å². The van der Waals surface area contributed by atoms with E-state index >= 15 is 0 Å². The third-order valence-electron chi connectivity index (χ3n) is 2.84. The number of amides is 1. The van der Waals surface area contributed by atoms with Crippen molar-refractivity contribution in [3.8, 4) is 17.0 Å². The maximum Gasteiger partial charge on any atom is 0.293 e. The molecule has 106 valence electrons. The van der Waals surface area contributed by atoms with E-state index in [9.17, 15) is 4.79 Å². The molecule has 0 aliphatic carbocycles. The first-order valence-corrected chi connectivity index (χ1v) is 7.09. The van der Waals surface area contributed by atoms with Gasteiger partial charge in [0.15, 0.2) is 10.9 Å². The summed E-state index contributed by atoms with van der Waals surface area (Å²) in [4.78, 5) is 16.3. The van der Waals surface area contributed by atoms with Gasteiger partial charge in [-0.1, -0.05) is 12.1 Å². The monoisotopic (exact) mass is 300 g/mol. The molecule has 0 fully saturated rings. The molecule has 0 radical (unpaired) electrons. The molecule has 0 saturated carbocycles. The molecule has 21 heavy (non-hydrogen) atoms. The first-order valence-electron chi connectivity index (χ1n) is 6.21. The van der Waals surface area contributed by atoms with Crippen molar-refractivity contribution in [1.29, 1.82) is 0 Å². The highest BCUT2D eigenvalue weighted by atomic mass is 32.1. The van der Waals surface area contributed by atoms with E-state index in [1.165, 1.54) is 17.6 Å². The van der Waals surface area contributed by atoms with E-state index in [0.29, 0.717) is 5.13 Å². The standard InChI is InChI=1S/C15H12N2O3S/c1-19-11-5-2-4-10(8-11)12-9-21-15(16-12)17-14(18)13-6-3-7-20-13/h2-9H,1H3,(H,16,17,18). The molecule has 0 saturated heterocycles. The molecule has 2 aromatic heterocycles. The van der Waals surface area contributed by atoms with Gasteiger partial charge in [-0.2, -0.15) is 0 Å². The highest BCUT2D eigenvalue weighted by Gasteiger charge is 2.12. The van der Waals surface area contributed by atoms with Gasteiger partial charge in [0.25, 0.3) is 5.91 Å². The molecule has 0 aliphatic heterocycles. The van der Waals surface area contributed by atoms with E-state index in [2.05, 4.69) is 10.3 Å². The highest BCUT2D eigenvalue weighted by Crippen LogP contribution is 2.27. The molecule has 5 nitrogen and oxygen atoms in total. The molecule has 0 spiro atoms. The number of methoxy groups -OCH3 is 1. The smallest absolute Gasteiger partial charge is 0.293 e. The largest absolute Gasteiger partial charge is 0.497 e. The van der Waals surface area contributed by atoms with Crippen molar-refractivity contribution in [1.82, 2.24) is 4.98 Å². The van der Waals surface area contributed by atoms with Crippen LogP contribution in [0.1, 0.15) is 10.6 Å². The first kappa shape index (κ1) is 13.4. The second-order valence-corrected chi connectivity index (χ2v) is 5.06. The molecule has 0 atom stereocenters. The SMILES string of the molecule is COc1cccc(-c2csc(NC(=O)c3ccco3)n2)c1. The maximum absolute atomic E-state index is 11.9. The summed E-state index contributed by atoms with van der Waals surface area (Å²) in [6.45, 7) is 0. The van der Waals surface area contributed by atoms with Crippen LogP contribution in [-0.4, -0.2) is 18.0 Å². The van der Waals surface area contributed by atoms with Crippen molar-refractivity contribution < 1.29 is 13.9 Å². The Morgan fingerprint density at radius 1 is 1.33 bits per heavy atom. The van der Waals surface area contributed by atoms with Gasteiger partial charge in [-0.25, -0.2) is 4.98 Å². The van der Waals surface area contributed by atoms with E-state index in [1.54, 1.807) is 19.2 Å². The number of carbonyl (C=O) groups is 1. The van der Waals surface area contributed by atoms with Crippen LogP contribution in [0, 0.1) is 0 Å². The van der Waals surface area contributed by atoms with Gasteiger partial charge in [-0.3, -0.25) is 10.1 Å². The fourth-order valence-corrected chi connectivity index (χ4v) is 2.53. The Bertz CT molecular complexity index is 750. The van der Waals surface area contributed by atoms with Gasteiger partial charge in [0, 0.05) is 10.9 Å². The van der Waals surface area contributed by atoms with Crippen molar-refractivity contribution in [3.63, 3.8) is 0 Å². The molecule has 0 aliphatic rings. The molecule has 3 rings (SSSR count). The number of hydrogen-bond donors (Lipinski definition) is 1. The number of anilines is 1. The van der Waals surface area contributed by atoms with Crippen molar-refractivity contribution >= 4 is 22.4 Å². The molecule has 1 N–H and O–H groups in total. The van der Waals surface area contributed by atoms with Crippen molar-refractivity contribution in [3.05, 3.63) is 53.8 Å². The Labute approximate surface area is 125 Å². The van der Waals surface area contributed by atoms with E-state index in [4.69, 9.17) is 9.15 Å². The summed E-state index contributed by atoms with van der Waals surface area (Å²) in [5.41, 5.74) is 1.72. The van der Waals surface area contributed by atoms with Gasteiger partial charge in [0.2, 0.25) is 0 Å². The van der Waals surface area contributed by atoms with Crippen molar-refractivity contribution in [2.75, 3.05) is 12.4 Å². The zero-order chi connectivity index (χ0) is 14.7. The number of aromatic nitrogens is 1. The average Bonchev–Trinajstić information content (AvgIpc) is 3.18. The third kappa shape index (κ3) is 2.95. The van der Waals surface area contributed by atoms with E-state index in [0.717, 1.165) is 17.0 Å². The summed E-state index contributed by atoms with van der Waals surface area (Å²) < 4.78 is 10.2. The van der Waals surface area contributed by atoms with Gasteiger partial charge in [-0.15, -0.1) is 11.3 Å². The van der Waals surface area contributed by atoms with E-state index < -0.39 is 0 Å². The summed E-state index contributed by atoms with van der Waals surface area (Å²) >= 11 is 1.36. The van der Waals surface area contributed by atoms with Gasteiger partial charge < -0.3 is 9.15 Å². The van der Waals surface area contributed by atoms with E-state index in [1.807, 2.05) is 29.6 Å².